The molecule has 25 heavy (non-hydrogen) atoms. The SMILES string of the molecule is Cc1ccc(CCCNC(=O)CCc2cccc3ccccc23)cc1. The summed E-state index contributed by atoms with van der Waals surface area (Å²) in [6.07, 6.45) is 3.30. The second kappa shape index (κ2) is 8.48. The van der Waals surface area contributed by atoms with Crippen molar-refractivity contribution in [3.05, 3.63) is 83.4 Å². The molecule has 1 amide bonds. The zero-order valence-corrected chi connectivity index (χ0v) is 14.8. The van der Waals surface area contributed by atoms with Crippen LogP contribution in [0.25, 0.3) is 10.8 Å². The van der Waals surface area contributed by atoms with Crippen LogP contribution in [0.15, 0.2) is 66.7 Å². The summed E-state index contributed by atoms with van der Waals surface area (Å²) in [7, 11) is 0. The smallest absolute Gasteiger partial charge is 0.220 e. The fraction of sp³-hybridized carbons (Fsp3) is 0.261. The molecule has 0 aliphatic rings. The highest BCUT2D eigenvalue weighted by molar-refractivity contribution is 5.86. The van der Waals surface area contributed by atoms with Gasteiger partial charge in [0.15, 0.2) is 0 Å². The summed E-state index contributed by atoms with van der Waals surface area (Å²) in [4.78, 5) is 12.1. The highest BCUT2D eigenvalue weighted by Gasteiger charge is 2.05. The Morgan fingerprint density at radius 3 is 2.48 bits per heavy atom. The van der Waals surface area contributed by atoms with Gasteiger partial charge in [-0.1, -0.05) is 72.3 Å². The van der Waals surface area contributed by atoms with E-state index in [1.807, 2.05) is 6.07 Å². The van der Waals surface area contributed by atoms with Gasteiger partial charge in [0.1, 0.15) is 0 Å². The molecule has 0 aliphatic heterocycles. The van der Waals surface area contributed by atoms with Crippen LogP contribution in [0.2, 0.25) is 0 Å². The average molecular weight is 331 g/mol. The van der Waals surface area contributed by atoms with Crippen molar-refractivity contribution in [1.82, 2.24) is 5.32 Å². The van der Waals surface area contributed by atoms with Crippen LogP contribution in [0, 0.1) is 6.92 Å². The van der Waals surface area contributed by atoms with Gasteiger partial charge in [-0.05, 0) is 48.1 Å². The van der Waals surface area contributed by atoms with E-state index >= 15 is 0 Å². The number of nitrogens with one attached hydrogen (secondary N) is 1. The van der Waals surface area contributed by atoms with E-state index < -0.39 is 0 Å². The van der Waals surface area contributed by atoms with Gasteiger partial charge in [0.25, 0.3) is 0 Å². The molecular formula is C23H25NO. The van der Waals surface area contributed by atoms with Crippen LogP contribution in [0.1, 0.15) is 29.5 Å². The van der Waals surface area contributed by atoms with Gasteiger partial charge >= 0.3 is 0 Å². The predicted molar refractivity (Wildman–Crippen MR) is 105 cm³/mol. The molecule has 0 fully saturated rings. The first-order valence-corrected chi connectivity index (χ1v) is 9.01. The molecule has 0 unspecified atom stereocenters. The maximum absolute atomic E-state index is 12.1. The number of rotatable bonds is 7. The zero-order chi connectivity index (χ0) is 17.5. The lowest BCUT2D eigenvalue weighted by atomic mass is 10.0. The van der Waals surface area contributed by atoms with Crippen molar-refractivity contribution in [2.45, 2.75) is 32.6 Å². The Labute approximate surface area is 149 Å². The molecule has 0 heterocycles. The molecule has 2 nitrogen and oxygen atoms in total. The van der Waals surface area contributed by atoms with Crippen LogP contribution >= 0.6 is 0 Å². The van der Waals surface area contributed by atoms with Gasteiger partial charge in [-0.15, -0.1) is 0 Å². The molecule has 0 saturated carbocycles. The topological polar surface area (TPSA) is 29.1 Å². The fourth-order valence-corrected chi connectivity index (χ4v) is 3.12. The minimum absolute atomic E-state index is 0.136. The van der Waals surface area contributed by atoms with E-state index in [2.05, 4.69) is 72.9 Å². The summed E-state index contributed by atoms with van der Waals surface area (Å²) in [5.74, 6) is 0.136. The van der Waals surface area contributed by atoms with E-state index in [1.165, 1.54) is 27.5 Å². The van der Waals surface area contributed by atoms with E-state index in [0.717, 1.165) is 25.8 Å². The third-order valence-electron chi connectivity index (χ3n) is 4.59. The Morgan fingerprint density at radius 1 is 0.880 bits per heavy atom. The molecule has 3 rings (SSSR count). The number of benzene rings is 3. The van der Waals surface area contributed by atoms with E-state index in [0.29, 0.717) is 6.42 Å². The highest BCUT2D eigenvalue weighted by atomic mass is 16.1. The van der Waals surface area contributed by atoms with Crippen molar-refractivity contribution in [2.75, 3.05) is 6.54 Å². The monoisotopic (exact) mass is 331 g/mol. The maximum atomic E-state index is 12.1. The highest BCUT2D eigenvalue weighted by Crippen LogP contribution is 2.19. The second-order valence-electron chi connectivity index (χ2n) is 6.58. The van der Waals surface area contributed by atoms with Crippen LogP contribution in [0.4, 0.5) is 0 Å². The molecule has 3 aromatic carbocycles. The Balaban J connectivity index is 1.42. The maximum Gasteiger partial charge on any atom is 0.220 e. The van der Waals surface area contributed by atoms with Crippen molar-refractivity contribution in [3.8, 4) is 0 Å². The molecule has 0 spiro atoms. The number of aryl methyl sites for hydroxylation is 3. The number of hydrogen-bond donors (Lipinski definition) is 1. The summed E-state index contributed by atoms with van der Waals surface area (Å²) in [6, 6.07) is 23.2. The number of hydrogen-bond acceptors (Lipinski definition) is 1. The van der Waals surface area contributed by atoms with Gasteiger partial charge in [-0.3, -0.25) is 4.79 Å². The van der Waals surface area contributed by atoms with Crippen LogP contribution < -0.4 is 5.32 Å². The molecule has 0 aromatic heterocycles. The Hall–Kier alpha value is -2.61. The molecule has 1 N–H and O–H groups in total. The minimum Gasteiger partial charge on any atom is -0.356 e. The van der Waals surface area contributed by atoms with Gasteiger partial charge in [0.05, 0.1) is 0 Å². The normalized spacial score (nSPS) is 10.8. The predicted octanol–water partition coefficient (Wildman–Crippen LogP) is 4.83. The van der Waals surface area contributed by atoms with E-state index in [-0.39, 0.29) is 5.91 Å². The van der Waals surface area contributed by atoms with Gasteiger partial charge in [0.2, 0.25) is 5.91 Å². The summed E-state index contributed by atoms with van der Waals surface area (Å²) < 4.78 is 0. The molecular weight excluding hydrogens is 306 g/mol. The van der Waals surface area contributed by atoms with Crippen molar-refractivity contribution >= 4 is 16.7 Å². The van der Waals surface area contributed by atoms with Gasteiger partial charge < -0.3 is 5.32 Å². The zero-order valence-electron chi connectivity index (χ0n) is 14.8. The summed E-state index contributed by atoms with van der Waals surface area (Å²) in [5.41, 5.74) is 3.86. The number of amides is 1. The molecule has 2 heteroatoms. The van der Waals surface area contributed by atoms with Crippen LogP contribution in [-0.2, 0) is 17.6 Å². The van der Waals surface area contributed by atoms with Crippen molar-refractivity contribution in [2.24, 2.45) is 0 Å². The molecule has 0 saturated heterocycles. The molecule has 128 valence electrons. The first-order chi connectivity index (χ1) is 12.2. The van der Waals surface area contributed by atoms with E-state index in [9.17, 15) is 4.79 Å². The quantitative estimate of drug-likeness (QED) is 0.617. The Kier molecular flexibility index (Phi) is 5.84. The van der Waals surface area contributed by atoms with Crippen LogP contribution in [0.3, 0.4) is 0 Å². The summed E-state index contributed by atoms with van der Waals surface area (Å²) in [6.45, 7) is 2.84. The van der Waals surface area contributed by atoms with Crippen LogP contribution in [-0.4, -0.2) is 12.5 Å². The van der Waals surface area contributed by atoms with Crippen molar-refractivity contribution in [3.63, 3.8) is 0 Å². The second-order valence-corrected chi connectivity index (χ2v) is 6.58. The third-order valence-corrected chi connectivity index (χ3v) is 4.59. The van der Waals surface area contributed by atoms with Gasteiger partial charge in [0, 0.05) is 13.0 Å². The number of carbonyl (C=O) groups is 1. The standard InChI is InChI=1S/C23H25NO/c1-18-11-13-19(14-12-18)6-5-17-24-23(25)16-15-21-9-4-8-20-7-2-3-10-22(20)21/h2-4,7-14H,5-6,15-17H2,1H3,(H,24,25). The lowest BCUT2D eigenvalue weighted by Gasteiger charge is -2.08. The number of fused-ring (bicyclic) bond motifs is 1. The summed E-state index contributed by atoms with van der Waals surface area (Å²) >= 11 is 0. The first-order valence-electron chi connectivity index (χ1n) is 9.01. The van der Waals surface area contributed by atoms with Gasteiger partial charge in [-0.2, -0.15) is 0 Å². The van der Waals surface area contributed by atoms with Crippen molar-refractivity contribution < 1.29 is 4.79 Å². The van der Waals surface area contributed by atoms with E-state index in [1.54, 1.807) is 0 Å². The Morgan fingerprint density at radius 2 is 1.64 bits per heavy atom. The van der Waals surface area contributed by atoms with Crippen molar-refractivity contribution in [1.29, 1.82) is 0 Å². The fourth-order valence-electron chi connectivity index (χ4n) is 3.12. The minimum atomic E-state index is 0.136. The van der Waals surface area contributed by atoms with Gasteiger partial charge in [-0.25, -0.2) is 0 Å². The molecule has 3 aromatic rings. The molecule has 0 radical (unpaired) electrons. The number of carbonyl (C=O) groups excluding carboxylic acids is 1. The lowest BCUT2D eigenvalue weighted by molar-refractivity contribution is -0.121. The first kappa shape index (κ1) is 17.2. The molecule has 0 aliphatic carbocycles. The third kappa shape index (κ3) is 4.93. The van der Waals surface area contributed by atoms with E-state index in [4.69, 9.17) is 0 Å². The summed E-state index contributed by atoms with van der Waals surface area (Å²) in [5, 5.41) is 5.53. The van der Waals surface area contributed by atoms with Crippen LogP contribution in [0.5, 0.6) is 0 Å². The lowest BCUT2D eigenvalue weighted by Crippen LogP contribution is -2.25. The average Bonchev–Trinajstić information content (AvgIpc) is 2.65. The Bertz CT molecular complexity index is 831. The molecule has 0 atom stereocenters. The molecule has 0 bridgehead atoms. The largest absolute Gasteiger partial charge is 0.356 e.